The van der Waals surface area contributed by atoms with Crippen LogP contribution in [0.25, 0.3) is 0 Å². The minimum absolute atomic E-state index is 0.687. The number of imidazole rings is 1. The van der Waals surface area contributed by atoms with Crippen molar-refractivity contribution in [1.29, 1.82) is 0 Å². The first-order chi connectivity index (χ1) is 5.81. The molecule has 0 aromatic carbocycles. The van der Waals surface area contributed by atoms with Gasteiger partial charge in [0.15, 0.2) is 0 Å². The highest BCUT2D eigenvalue weighted by Gasteiger charge is 2.20. The molecule has 2 heterocycles. The van der Waals surface area contributed by atoms with Gasteiger partial charge in [-0.05, 0) is 7.05 Å². The van der Waals surface area contributed by atoms with E-state index < -0.39 is 0 Å². The molecule has 0 unspecified atom stereocenters. The number of nitrogens with two attached hydrogens (primary N) is 1. The molecule has 12 heavy (non-hydrogen) atoms. The lowest BCUT2D eigenvalue weighted by molar-refractivity contribution is 0.342. The second-order valence-electron chi connectivity index (χ2n) is 3.29. The van der Waals surface area contributed by atoms with Crippen molar-refractivity contribution in [1.82, 2.24) is 14.5 Å². The summed E-state index contributed by atoms with van der Waals surface area (Å²) in [6, 6.07) is 0. The van der Waals surface area contributed by atoms with Crippen molar-refractivity contribution in [2.45, 2.75) is 19.6 Å². The molecule has 1 aromatic heterocycles. The van der Waals surface area contributed by atoms with Crippen LogP contribution in [-0.2, 0) is 19.6 Å². The second-order valence-corrected chi connectivity index (χ2v) is 3.29. The third-order valence-electron chi connectivity index (χ3n) is 2.24. The first-order valence-corrected chi connectivity index (χ1v) is 4.22. The van der Waals surface area contributed by atoms with E-state index in [1.165, 1.54) is 11.4 Å². The molecule has 0 radical (unpaired) electrons. The van der Waals surface area contributed by atoms with Crippen LogP contribution in [0.3, 0.4) is 0 Å². The van der Waals surface area contributed by atoms with Crippen LogP contribution in [0.4, 0.5) is 0 Å². The molecule has 0 saturated carbocycles. The zero-order valence-electron chi connectivity index (χ0n) is 7.32. The predicted molar refractivity (Wildman–Crippen MR) is 46.5 cm³/mol. The molecule has 2 rings (SSSR count). The molecule has 0 atom stereocenters. The number of hydrogen-bond donors (Lipinski definition) is 1. The Morgan fingerprint density at radius 1 is 1.58 bits per heavy atom. The van der Waals surface area contributed by atoms with Crippen LogP contribution >= 0.6 is 0 Å². The van der Waals surface area contributed by atoms with Gasteiger partial charge in [-0.1, -0.05) is 0 Å². The Bertz CT molecular complexity index is 279. The summed E-state index contributed by atoms with van der Waals surface area (Å²) in [4.78, 5) is 6.59. The highest BCUT2D eigenvalue weighted by Crippen LogP contribution is 2.19. The Kier molecular flexibility index (Phi) is 1.86. The Labute approximate surface area is 72.0 Å². The largest absolute Gasteiger partial charge is 0.332 e. The average molecular weight is 166 g/mol. The molecule has 1 aromatic rings. The first-order valence-electron chi connectivity index (χ1n) is 4.22. The van der Waals surface area contributed by atoms with E-state index in [-0.39, 0.29) is 0 Å². The molecule has 1 aliphatic rings. The molecule has 4 heteroatoms. The van der Waals surface area contributed by atoms with Gasteiger partial charge in [0.25, 0.3) is 0 Å². The van der Waals surface area contributed by atoms with E-state index in [0.717, 1.165) is 19.6 Å². The minimum atomic E-state index is 0.687. The Balaban J connectivity index is 2.24. The maximum Gasteiger partial charge on any atom is 0.0953 e. The van der Waals surface area contributed by atoms with Crippen molar-refractivity contribution in [3.05, 3.63) is 17.7 Å². The van der Waals surface area contributed by atoms with Crippen LogP contribution in [-0.4, -0.2) is 28.0 Å². The molecule has 2 N–H and O–H groups in total. The van der Waals surface area contributed by atoms with Gasteiger partial charge in [0.2, 0.25) is 0 Å². The highest BCUT2D eigenvalue weighted by atomic mass is 15.2. The van der Waals surface area contributed by atoms with Gasteiger partial charge in [-0.3, -0.25) is 4.90 Å². The van der Waals surface area contributed by atoms with Crippen molar-refractivity contribution < 1.29 is 0 Å². The smallest absolute Gasteiger partial charge is 0.0953 e. The maximum absolute atomic E-state index is 5.49. The SMILES string of the molecule is CN1Cc2ncn(CCN)c2C1. The lowest BCUT2D eigenvalue weighted by atomic mass is 10.4. The maximum atomic E-state index is 5.49. The molecule has 0 aliphatic carbocycles. The lowest BCUT2D eigenvalue weighted by Gasteiger charge is -2.07. The Morgan fingerprint density at radius 3 is 3.17 bits per heavy atom. The summed E-state index contributed by atoms with van der Waals surface area (Å²) in [5.41, 5.74) is 8.04. The third-order valence-corrected chi connectivity index (χ3v) is 2.24. The molecule has 0 saturated heterocycles. The van der Waals surface area contributed by atoms with Gasteiger partial charge in [-0.15, -0.1) is 0 Å². The van der Waals surface area contributed by atoms with E-state index in [2.05, 4.69) is 21.5 Å². The predicted octanol–water partition coefficient (Wildman–Crippen LogP) is -0.213. The molecule has 0 amide bonds. The minimum Gasteiger partial charge on any atom is -0.332 e. The summed E-state index contributed by atoms with van der Waals surface area (Å²) in [6.45, 7) is 3.56. The van der Waals surface area contributed by atoms with E-state index in [1.54, 1.807) is 0 Å². The second kappa shape index (κ2) is 2.88. The Hall–Kier alpha value is -0.870. The van der Waals surface area contributed by atoms with Gasteiger partial charge in [-0.25, -0.2) is 4.98 Å². The fourth-order valence-corrected chi connectivity index (χ4v) is 1.66. The summed E-state index contributed by atoms with van der Waals surface area (Å²) >= 11 is 0. The van der Waals surface area contributed by atoms with Crippen molar-refractivity contribution in [2.75, 3.05) is 13.6 Å². The quantitative estimate of drug-likeness (QED) is 0.661. The number of aromatic nitrogens is 2. The standard InChI is InChI=1S/C8H14N4/c1-11-4-7-8(5-11)12(3-2-9)6-10-7/h6H,2-5,9H2,1H3. The molecule has 66 valence electrons. The number of rotatable bonds is 2. The van der Waals surface area contributed by atoms with Crippen LogP contribution in [0, 0.1) is 0 Å². The third kappa shape index (κ3) is 1.13. The molecule has 4 nitrogen and oxygen atoms in total. The normalized spacial score (nSPS) is 16.8. The Morgan fingerprint density at radius 2 is 2.42 bits per heavy atom. The van der Waals surface area contributed by atoms with Gasteiger partial charge < -0.3 is 10.3 Å². The summed E-state index contributed by atoms with van der Waals surface area (Å²) in [5, 5.41) is 0. The van der Waals surface area contributed by atoms with Gasteiger partial charge in [0.05, 0.1) is 17.7 Å². The van der Waals surface area contributed by atoms with Crippen LogP contribution in [0.15, 0.2) is 6.33 Å². The fourth-order valence-electron chi connectivity index (χ4n) is 1.66. The first kappa shape index (κ1) is 7.76. The molecule has 0 bridgehead atoms. The molecule has 1 aliphatic heterocycles. The van der Waals surface area contributed by atoms with Crippen LogP contribution in [0.1, 0.15) is 11.4 Å². The summed E-state index contributed by atoms with van der Waals surface area (Å²) in [5.74, 6) is 0. The van der Waals surface area contributed by atoms with E-state index in [9.17, 15) is 0 Å². The molecule has 0 spiro atoms. The van der Waals surface area contributed by atoms with E-state index in [0.29, 0.717) is 6.54 Å². The number of hydrogen-bond acceptors (Lipinski definition) is 3. The van der Waals surface area contributed by atoms with Crippen molar-refractivity contribution in [3.8, 4) is 0 Å². The van der Waals surface area contributed by atoms with Crippen LogP contribution in [0.2, 0.25) is 0 Å². The number of nitrogens with zero attached hydrogens (tertiary/aromatic N) is 3. The molecule has 0 fully saturated rings. The monoisotopic (exact) mass is 166 g/mol. The van der Waals surface area contributed by atoms with E-state index in [4.69, 9.17) is 5.73 Å². The van der Waals surface area contributed by atoms with Gasteiger partial charge in [0.1, 0.15) is 0 Å². The number of fused-ring (bicyclic) bond motifs is 1. The topological polar surface area (TPSA) is 47.1 Å². The summed E-state index contributed by atoms with van der Waals surface area (Å²) in [6.07, 6.45) is 1.89. The summed E-state index contributed by atoms with van der Waals surface area (Å²) in [7, 11) is 2.11. The average Bonchev–Trinajstić information content (AvgIpc) is 2.52. The van der Waals surface area contributed by atoms with Gasteiger partial charge in [-0.2, -0.15) is 0 Å². The molecular formula is C8H14N4. The summed E-state index contributed by atoms with van der Waals surface area (Å²) < 4.78 is 2.15. The fraction of sp³-hybridized carbons (Fsp3) is 0.625. The zero-order valence-corrected chi connectivity index (χ0v) is 7.32. The molecular weight excluding hydrogens is 152 g/mol. The van der Waals surface area contributed by atoms with E-state index in [1.807, 2.05) is 6.33 Å². The van der Waals surface area contributed by atoms with Crippen LogP contribution < -0.4 is 5.73 Å². The van der Waals surface area contributed by atoms with Gasteiger partial charge >= 0.3 is 0 Å². The van der Waals surface area contributed by atoms with Crippen LogP contribution in [0.5, 0.6) is 0 Å². The zero-order chi connectivity index (χ0) is 8.55. The van der Waals surface area contributed by atoms with Gasteiger partial charge in [0, 0.05) is 26.2 Å². The lowest BCUT2D eigenvalue weighted by Crippen LogP contribution is -2.14. The van der Waals surface area contributed by atoms with Crippen molar-refractivity contribution >= 4 is 0 Å². The highest BCUT2D eigenvalue weighted by molar-refractivity contribution is 5.17. The van der Waals surface area contributed by atoms with Crippen molar-refractivity contribution in [2.24, 2.45) is 5.73 Å². The van der Waals surface area contributed by atoms with E-state index >= 15 is 0 Å². The van der Waals surface area contributed by atoms with Crippen molar-refractivity contribution in [3.63, 3.8) is 0 Å².